The van der Waals surface area contributed by atoms with Gasteiger partial charge in [-0.2, -0.15) is 12.3 Å². The van der Waals surface area contributed by atoms with Gasteiger partial charge in [-0.25, -0.2) is 0 Å². The van der Waals surface area contributed by atoms with E-state index < -0.39 is 0 Å². The minimum absolute atomic E-state index is 0. The fourth-order valence-electron chi connectivity index (χ4n) is 1.92. The summed E-state index contributed by atoms with van der Waals surface area (Å²) >= 11 is 1.87. The Kier molecular flexibility index (Phi) is 5.81. The van der Waals surface area contributed by atoms with E-state index in [-0.39, 0.29) is 32.7 Å². The molecule has 2 aliphatic rings. The van der Waals surface area contributed by atoms with E-state index in [1.165, 1.54) is 19.3 Å². The summed E-state index contributed by atoms with van der Waals surface area (Å²) in [5.74, 6) is 3.13. The third-order valence-corrected chi connectivity index (χ3v) is 3.73. The van der Waals surface area contributed by atoms with Gasteiger partial charge in [0.1, 0.15) is 0 Å². The second kappa shape index (κ2) is 6.07. The van der Waals surface area contributed by atoms with Gasteiger partial charge in [0, 0.05) is 32.7 Å². The number of nitrogens with one attached hydrogen (secondary N) is 2. The van der Waals surface area contributed by atoms with E-state index >= 15 is 0 Å². The first-order valence-corrected chi connectivity index (χ1v) is 5.60. The molecular formula is C9H16N2SY-2. The number of rotatable bonds is 2. The zero-order valence-corrected chi connectivity index (χ0v) is 11.6. The van der Waals surface area contributed by atoms with Crippen LogP contribution in [0.15, 0.2) is 0 Å². The summed E-state index contributed by atoms with van der Waals surface area (Å²) in [7, 11) is 2.00. The maximum atomic E-state index is 3.55. The van der Waals surface area contributed by atoms with Gasteiger partial charge in [0.15, 0.2) is 0 Å². The molecule has 0 aromatic heterocycles. The SMILES string of the molecule is CNC1NC(C2[CH-]CCC2)[CH-]S1.[Y]. The largest absolute Gasteiger partial charge is 0.326 e. The molecule has 4 heteroatoms. The van der Waals surface area contributed by atoms with Crippen LogP contribution in [0.4, 0.5) is 0 Å². The Hall–Kier alpha value is 1.37. The third kappa shape index (κ3) is 3.17. The zero-order valence-electron chi connectivity index (χ0n) is 7.99. The Morgan fingerprint density at radius 3 is 2.92 bits per heavy atom. The van der Waals surface area contributed by atoms with Crippen LogP contribution < -0.4 is 10.6 Å². The molecule has 0 spiro atoms. The first-order valence-electron chi connectivity index (χ1n) is 4.65. The summed E-state index contributed by atoms with van der Waals surface area (Å²) in [5.41, 5.74) is 0.434. The maximum Gasteiger partial charge on any atom is 0.0732 e. The minimum atomic E-state index is 0. The normalized spacial score (nSPS) is 39.0. The fraction of sp³-hybridized carbons (Fsp3) is 0.778. The zero-order chi connectivity index (χ0) is 8.39. The fourth-order valence-corrected chi connectivity index (χ4v) is 2.90. The Bertz CT molecular complexity index is 151. The van der Waals surface area contributed by atoms with E-state index in [9.17, 15) is 0 Å². The topological polar surface area (TPSA) is 24.1 Å². The van der Waals surface area contributed by atoms with Crippen LogP contribution in [0, 0.1) is 18.1 Å². The monoisotopic (exact) mass is 273 g/mol. The average molecular weight is 273 g/mol. The van der Waals surface area contributed by atoms with E-state index in [4.69, 9.17) is 0 Å². The second-order valence-corrected chi connectivity index (χ2v) is 4.48. The van der Waals surface area contributed by atoms with Gasteiger partial charge in [-0.15, -0.1) is 6.04 Å². The van der Waals surface area contributed by atoms with E-state index in [0.717, 1.165) is 5.92 Å². The van der Waals surface area contributed by atoms with Crippen molar-refractivity contribution in [2.24, 2.45) is 5.92 Å². The van der Waals surface area contributed by atoms with Crippen LogP contribution in [0.1, 0.15) is 19.3 Å². The van der Waals surface area contributed by atoms with E-state index in [1.54, 1.807) is 0 Å². The Morgan fingerprint density at radius 1 is 1.54 bits per heavy atom. The summed E-state index contributed by atoms with van der Waals surface area (Å²) in [6.45, 7) is 0. The van der Waals surface area contributed by atoms with Crippen molar-refractivity contribution >= 4 is 11.8 Å². The molecule has 0 aromatic carbocycles. The summed E-state index contributed by atoms with van der Waals surface area (Å²) < 4.78 is 0. The Labute approximate surface area is 110 Å². The summed E-state index contributed by atoms with van der Waals surface area (Å²) in [6.07, 6.45) is 6.52. The molecule has 1 radical (unpaired) electrons. The molecule has 3 unspecified atom stereocenters. The van der Waals surface area contributed by atoms with Crippen LogP contribution in [-0.2, 0) is 32.7 Å². The van der Waals surface area contributed by atoms with Crippen molar-refractivity contribution in [3.05, 3.63) is 12.2 Å². The second-order valence-electron chi connectivity index (χ2n) is 3.46. The predicted octanol–water partition coefficient (Wildman–Crippen LogP) is 1.36. The van der Waals surface area contributed by atoms with Gasteiger partial charge < -0.3 is 23.5 Å². The molecule has 1 saturated carbocycles. The molecule has 1 aliphatic heterocycles. The van der Waals surface area contributed by atoms with Crippen LogP contribution >= 0.6 is 11.8 Å². The molecule has 2 rings (SSSR count). The molecular weight excluding hydrogens is 257 g/mol. The molecule has 73 valence electrons. The molecule has 2 N–H and O–H groups in total. The van der Waals surface area contributed by atoms with Crippen LogP contribution in [-0.4, -0.2) is 18.6 Å². The van der Waals surface area contributed by atoms with E-state index in [0.29, 0.717) is 11.5 Å². The van der Waals surface area contributed by atoms with Gasteiger partial charge in [0.25, 0.3) is 0 Å². The first-order chi connectivity index (χ1) is 5.90. The van der Waals surface area contributed by atoms with Crippen molar-refractivity contribution in [3.8, 4) is 0 Å². The number of thioether (sulfide) groups is 1. The van der Waals surface area contributed by atoms with Gasteiger partial charge in [0.2, 0.25) is 0 Å². The predicted molar refractivity (Wildman–Crippen MR) is 53.3 cm³/mol. The summed E-state index contributed by atoms with van der Waals surface area (Å²) in [6, 6.07) is 0.606. The van der Waals surface area contributed by atoms with Crippen LogP contribution in [0.25, 0.3) is 0 Å². The quantitative estimate of drug-likeness (QED) is 0.743. The van der Waals surface area contributed by atoms with Gasteiger partial charge >= 0.3 is 0 Å². The molecule has 13 heavy (non-hydrogen) atoms. The molecule has 0 amide bonds. The number of hydrogen-bond acceptors (Lipinski definition) is 3. The molecule has 0 aromatic rings. The van der Waals surface area contributed by atoms with Crippen molar-refractivity contribution in [2.45, 2.75) is 30.8 Å². The average Bonchev–Trinajstić information content (AvgIpc) is 2.75. The van der Waals surface area contributed by atoms with Crippen molar-refractivity contribution in [1.29, 1.82) is 0 Å². The number of hydrogen-bond donors (Lipinski definition) is 2. The summed E-state index contributed by atoms with van der Waals surface area (Å²) in [4.78, 5) is 0. The van der Waals surface area contributed by atoms with Crippen LogP contribution in [0.3, 0.4) is 0 Å². The minimum Gasteiger partial charge on any atom is -0.326 e. The van der Waals surface area contributed by atoms with E-state index in [2.05, 4.69) is 22.8 Å². The standard InChI is InChI=1S/C9H16N2S.Y/c1-10-9-11-8(6-12-9)7-4-2-3-5-7;/h4,6-11H,2-3,5H2,1H3;/q-2;. The maximum absolute atomic E-state index is 3.55. The van der Waals surface area contributed by atoms with Crippen LogP contribution in [0.5, 0.6) is 0 Å². The van der Waals surface area contributed by atoms with Gasteiger partial charge in [-0.3, -0.25) is 11.1 Å². The van der Waals surface area contributed by atoms with Crippen molar-refractivity contribution in [1.82, 2.24) is 10.6 Å². The third-order valence-electron chi connectivity index (χ3n) is 2.64. The van der Waals surface area contributed by atoms with Crippen LogP contribution in [0.2, 0.25) is 0 Å². The molecule has 0 bridgehead atoms. The molecule has 1 saturated heterocycles. The van der Waals surface area contributed by atoms with Gasteiger partial charge in [-0.1, -0.05) is 12.8 Å². The first kappa shape index (κ1) is 12.4. The molecule has 3 atom stereocenters. The van der Waals surface area contributed by atoms with Gasteiger partial charge in [-0.05, 0) is 7.05 Å². The Morgan fingerprint density at radius 2 is 2.38 bits per heavy atom. The van der Waals surface area contributed by atoms with Gasteiger partial charge in [0.05, 0.1) is 5.50 Å². The molecule has 1 heterocycles. The molecule has 1 aliphatic carbocycles. The van der Waals surface area contributed by atoms with Crippen molar-refractivity contribution in [3.63, 3.8) is 0 Å². The Balaban J connectivity index is 0.000000845. The summed E-state index contributed by atoms with van der Waals surface area (Å²) in [5, 5.41) is 6.77. The van der Waals surface area contributed by atoms with E-state index in [1.807, 2.05) is 18.8 Å². The molecule has 2 nitrogen and oxygen atoms in total. The van der Waals surface area contributed by atoms with Crippen molar-refractivity contribution in [2.75, 3.05) is 7.05 Å². The van der Waals surface area contributed by atoms with Crippen molar-refractivity contribution < 1.29 is 32.7 Å². The molecule has 2 fully saturated rings. The smallest absolute Gasteiger partial charge is 0.0732 e.